The number of carbonyl (C=O) groups is 1. The summed E-state index contributed by atoms with van der Waals surface area (Å²) in [4.78, 5) is 10.4. The highest BCUT2D eigenvalue weighted by Crippen LogP contribution is 2.37. The van der Waals surface area contributed by atoms with Gasteiger partial charge in [-0.1, -0.05) is 0 Å². The van der Waals surface area contributed by atoms with E-state index in [1.165, 1.54) is 12.1 Å². The molecular formula is C11H12BrNO6S. The zero-order valence-corrected chi connectivity index (χ0v) is 12.7. The molecule has 1 heterocycles. The number of nitrogens with one attached hydrogen (secondary N) is 1. The van der Waals surface area contributed by atoms with Crippen molar-refractivity contribution >= 4 is 31.9 Å². The van der Waals surface area contributed by atoms with Crippen molar-refractivity contribution in [3.63, 3.8) is 0 Å². The normalized spacial score (nSPS) is 14.1. The summed E-state index contributed by atoms with van der Waals surface area (Å²) in [6.45, 7) is 0.571. The van der Waals surface area contributed by atoms with Gasteiger partial charge < -0.3 is 14.6 Å². The summed E-state index contributed by atoms with van der Waals surface area (Å²) in [5.41, 5.74) is 0. The third kappa shape index (κ3) is 3.41. The molecule has 20 heavy (non-hydrogen) atoms. The molecule has 1 aliphatic heterocycles. The van der Waals surface area contributed by atoms with Crippen LogP contribution < -0.4 is 14.2 Å². The summed E-state index contributed by atoms with van der Waals surface area (Å²) in [7, 11) is -3.82. The molecule has 1 aromatic rings. The summed E-state index contributed by atoms with van der Waals surface area (Å²) in [5, 5.41) is 8.51. The van der Waals surface area contributed by atoms with E-state index in [9.17, 15) is 13.2 Å². The van der Waals surface area contributed by atoms with Crippen molar-refractivity contribution in [1.82, 2.24) is 4.72 Å². The lowest BCUT2D eigenvalue weighted by atomic mass is 10.3. The molecule has 2 rings (SSSR count). The first kappa shape index (κ1) is 15.1. The zero-order valence-electron chi connectivity index (χ0n) is 10.3. The highest BCUT2D eigenvalue weighted by Gasteiger charge is 2.23. The van der Waals surface area contributed by atoms with Crippen LogP contribution in [0, 0.1) is 0 Å². The highest BCUT2D eigenvalue weighted by atomic mass is 79.9. The number of halogens is 1. The molecule has 0 atom stereocenters. The Labute approximate surface area is 124 Å². The maximum Gasteiger partial charge on any atom is 0.304 e. The minimum atomic E-state index is -3.82. The first-order valence-electron chi connectivity index (χ1n) is 5.71. The summed E-state index contributed by atoms with van der Waals surface area (Å²) in [6, 6.07) is 2.86. The van der Waals surface area contributed by atoms with E-state index >= 15 is 0 Å². The maximum absolute atomic E-state index is 12.1. The van der Waals surface area contributed by atoms with Gasteiger partial charge in [0.25, 0.3) is 0 Å². The summed E-state index contributed by atoms with van der Waals surface area (Å²) in [6.07, 6.45) is -0.290. The van der Waals surface area contributed by atoms with Crippen molar-refractivity contribution in [3.8, 4) is 11.5 Å². The van der Waals surface area contributed by atoms with Crippen LogP contribution in [-0.2, 0) is 14.8 Å². The zero-order chi connectivity index (χ0) is 14.8. The van der Waals surface area contributed by atoms with Crippen molar-refractivity contribution in [2.75, 3.05) is 19.8 Å². The summed E-state index contributed by atoms with van der Waals surface area (Å²) in [5.74, 6) is -0.264. The average Bonchev–Trinajstić information content (AvgIpc) is 2.37. The van der Waals surface area contributed by atoms with Crippen molar-refractivity contribution in [2.24, 2.45) is 0 Å². The van der Waals surface area contributed by atoms with E-state index in [1.54, 1.807) is 0 Å². The molecule has 1 aliphatic rings. The molecule has 0 aromatic heterocycles. The van der Waals surface area contributed by atoms with Gasteiger partial charge in [0.05, 0.1) is 6.42 Å². The molecule has 0 spiro atoms. The van der Waals surface area contributed by atoms with Crippen LogP contribution in [0.1, 0.15) is 6.42 Å². The topological polar surface area (TPSA) is 102 Å². The van der Waals surface area contributed by atoms with Crippen molar-refractivity contribution in [1.29, 1.82) is 0 Å². The van der Waals surface area contributed by atoms with E-state index in [2.05, 4.69) is 20.7 Å². The predicted molar refractivity (Wildman–Crippen MR) is 72.6 cm³/mol. The number of fused-ring (bicyclic) bond motifs is 1. The second-order valence-corrected chi connectivity index (χ2v) is 6.56. The molecule has 0 aliphatic carbocycles. The van der Waals surface area contributed by atoms with Crippen LogP contribution >= 0.6 is 15.9 Å². The number of sulfonamides is 1. The van der Waals surface area contributed by atoms with E-state index in [0.29, 0.717) is 29.2 Å². The number of carboxylic acid groups (broad SMARTS) is 1. The van der Waals surface area contributed by atoms with Gasteiger partial charge in [0.1, 0.15) is 18.1 Å². The van der Waals surface area contributed by atoms with Crippen LogP contribution in [0.5, 0.6) is 11.5 Å². The Morgan fingerprint density at radius 1 is 1.30 bits per heavy atom. The number of rotatable bonds is 5. The second-order valence-electron chi connectivity index (χ2n) is 3.97. The quantitative estimate of drug-likeness (QED) is 0.805. The van der Waals surface area contributed by atoms with Gasteiger partial charge in [-0.25, -0.2) is 13.1 Å². The van der Waals surface area contributed by atoms with Crippen LogP contribution in [0.3, 0.4) is 0 Å². The SMILES string of the molecule is O=C(O)CCNS(=O)(=O)c1cc2c(cc1Br)OCCO2. The molecule has 110 valence electrons. The van der Waals surface area contributed by atoms with Gasteiger partial charge in [0.2, 0.25) is 10.0 Å². The Morgan fingerprint density at radius 2 is 1.90 bits per heavy atom. The van der Waals surface area contributed by atoms with Crippen LogP contribution in [0.15, 0.2) is 21.5 Å². The molecule has 0 bridgehead atoms. The molecule has 0 saturated heterocycles. The fraction of sp³-hybridized carbons (Fsp3) is 0.364. The second kappa shape index (κ2) is 5.98. The lowest BCUT2D eigenvalue weighted by Crippen LogP contribution is -2.27. The third-order valence-electron chi connectivity index (χ3n) is 2.52. The smallest absolute Gasteiger partial charge is 0.304 e. The molecule has 1 aromatic carbocycles. The highest BCUT2D eigenvalue weighted by molar-refractivity contribution is 9.10. The molecule has 0 fully saturated rings. The summed E-state index contributed by atoms with van der Waals surface area (Å²) < 4.78 is 37.4. The van der Waals surface area contributed by atoms with E-state index in [-0.39, 0.29) is 17.9 Å². The number of carboxylic acids is 1. The monoisotopic (exact) mass is 365 g/mol. The minimum Gasteiger partial charge on any atom is -0.486 e. The molecule has 0 saturated carbocycles. The molecule has 9 heteroatoms. The minimum absolute atomic E-state index is 0.0212. The molecule has 2 N–H and O–H groups in total. The number of aliphatic carboxylic acids is 1. The van der Waals surface area contributed by atoms with E-state index in [1.807, 2.05) is 0 Å². The molecule has 0 unspecified atom stereocenters. The van der Waals surface area contributed by atoms with Gasteiger partial charge in [0.15, 0.2) is 11.5 Å². The maximum atomic E-state index is 12.1. The van der Waals surface area contributed by atoms with Crippen molar-refractivity contribution in [2.45, 2.75) is 11.3 Å². The van der Waals surface area contributed by atoms with Gasteiger partial charge >= 0.3 is 5.97 Å². The molecule has 0 radical (unpaired) electrons. The van der Waals surface area contributed by atoms with Gasteiger partial charge in [-0.15, -0.1) is 0 Å². The standard InChI is InChI=1S/C11H12BrNO6S/c12-7-5-8-9(19-4-3-18-8)6-10(7)20(16,17)13-2-1-11(14)15/h5-6,13H,1-4H2,(H,14,15). The number of hydrogen-bond donors (Lipinski definition) is 2. The number of ether oxygens (including phenoxy) is 2. The first-order valence-corrected chi connectivity index (χ1v) is 7.98. The Kier molecular flexibility index (Phi) is 4.51. The van der Waals surface area contributed by atoms with Crippen LogP contribution in [-0.4, -0.2) is 39.3 Å². The van der Waals surface area contributed by atoms with Crippen LogP contribution in [0.2, 0.25) is 0 Å². The number of benzene rings is 1. The largest absolute Gasteiger partial charge is 0.486 e. The Hall–Kier alpha value is -1.32. The van der Waals surface area contributed by atoms with E-state index < -0.39 is 16.0 Å². The van der Waals surface area contributed by atoms with Gasteiger partial charge in [0, 0.05) is 17.1 Å². The van der Waals surface area contributed by atoms with Crippen molar-refractivity contribution in [3.05, 3.63) is 16.6 Å². The molecular weight excluding hydrogens is 354 g/mol. The predicted octanol–water partition coefficient (Wildman–Crippen LogP) is 0.973. The lowest BCUT2D eigenvalue weighted by molar-refractivity contribution is -0.136. The fourth-order valence-corrected chi connectivity index (χ4v) is 3.69. The van der Waals surface area contributed by atoms with Gasteiger partial charge in [-0.05, 0) is 22.0 Å². The first-order chi connectivity index (χ1) is 9.40. The molecule has 7 nitrogen and oxygen atoms in total. The van der Waals surface area contributed by atoms with E-state index in [4.69, 9.17) is 14.6 Å². The lowest BCUT2D eigenvalue weighted by Gasteiger charge is -2.20. The van der Waals surface area contributed by atoms with Crippen molar-refractivity contribution < 1.29 is 27.8 Å². The summed E-state index contributed by atoms with van der Waals surface area (Å²) >= 11 is 3.16. The van der Waals surface area contributed by atoms with Crippen LogP contribution in [0.4, 0.5) is 0 Å². The Balaban J connectivity index is 2.25. The Bertz CT molecular complexity index is 630. The third-order valence-corrected chi connectivity index (χ3v) is 4.94. The molecule has 0 amide bonds. The van der Waals surface area contributed by atoms with Gasteiger partial charge in [-0.2, -0.15) is 0 Å². The average molecular weight is 366 g/mol. The number of hydrogen-bond acceptors (Lipinski definition) is 5. The van der Waals surface area contributed by atoms with E-state index in [0.717, 1.165) is 0 Å². The fourth-order valence-electron chi connectivity index (χ4n) is 1.62. The Morgan fingerprint density at radius 3 is 2.50 bits per heavy atom. The van der Waals surface area contributed by atoms with Crippen LogP contribution in [0.25, 0.3) is 0 Å². The van der Waals surface area contributed by atoms with Gasteiger partial charge in [-0.3, -0.25) is 4.79 Å².